The molecule has 1 atom stereocenters. The molecule has 0 aromatic heterocycles. The highest BCUT2D eigenvalue weighted by molar-refractivity contribution is 5.83. The SMILES string of the molecule is CCOC1CC(NC(=O)C(N)c2ccccc2)C1. The molecule has 0 saturated heterocycles. The average Bonchev–Trinajstić information content (AvgIpc) is 2.36. The van der Waals surface area contributed by atoms with E-state index in [4.69, 9.17) is 10.5 Å². The van der Waals surface area contributed by atoms with Crippen molar-refractivity contribution in [2.75, 3.05) is 6.61 Å². The summed E-state index contributed by atoms with van der Waals surface area (Å²) in [6.45, 7) is 2.71. The lowest BCUT2D eigenvalue weighted by molar-refractivity contribution is -0.125. The summed E-state index contributed by atoms with van der Waals surface area (Å²) in [7, 11) is 0. The molecule has 1 aliphatic rings. The minimum atomic E-state index is -0.586. The lowest BCUT2D eigenvalue weighted by Crippen LogP contribution is -2.50. The third kappa shape index (κ3) is 3.09. The Balaban J connectivity index is 1.79. The monoisotopic (exact) mass is 248 g/mol. The van der Waals surface area contributed by atoms with Gasteiger partial charge in [0.05, 0.1) is 6.10 Å². The molecule has 0 heterocycles. The van der Waals surface area contributed by atoms with E-state index in [0.717, 1.165) is 25.0 Å². The second kappa shape index (κ2) is 5.98. The van der Waals surface area contributed by atoms with E-state index in [1.165, 1.54) is 0 Å². The third-order valence-electron chi connectivity index (χ3n) is 3.28. The quantitative estimate of drug-likeness (QED) is 0.827. The van der Waals surface area contributed by atoms with E-state index in [9.17, 15) is 4.79 Å². The largest absolute Gasteiger partial charge is 0.378 e. The van der Waals surface area contributed by atoms with Gasteiger partial charge in [-0.1, -0.05) is 30.3 Å². The van der Waals surface area contributed by atoms with Crippen molar-refractivity contribution >= 4 is 5.91 Å². The molecule has 1 aliphatic carbocycles. The van der Waals surface area contributed by atoms with E-state index >= 15 is 0 Å². The lowest BCUT2D eigenvalue weighted by Gasteiger charge is -2.35. The van der Waals surface area contributed by atoms with Crippen LogP contribution in [0.1, 0.15) is 31.4 Å². The first kappa shape index (κ1) is 13.1. The first-order valence-electron chi connectivity index (χ1n) is 6.43. The molecule has 0 bridgehead atoms. The van der Waals surface area contributed by atoms with Gasteiger partial charge >= 0.3 is 0 Å². The highest BCUT2D eigenvalue weighted by Crippen LogP contribution is 2.23. The topological polar surface area (TPSA) is 64.3 Å². The zero-order valence-corrected chi connectivity index (χ0v) is 10.6. The summed E-state index contributed by atoms with van der Waals surface area (Å²) >= 11 is 0. The fourth-order valence-corrected chi connectivity index (χ4v) is 2.16. The van der Waals surface area contributed by atoms with Crippen LogP contribution in [0.5, 0.6) is 0 Å². The third-order valence-corrected chi connectivity index (χ3v) is 3.28. The van der Waals surface area contributed by atoms with Gasteiger partial charge in [0.25, 0.3) is 0 Å². The number of hydrogen-bond donors (Lipinski definition) is 2. The Morgan fingerprint density at radius 1 is 1.44 bits per heavy atom. The van der Waals surface area contributed by atoms with Crippen molar-refractivity contribution in [1.29, 1.82) is 0 Å². The number of carbonyl (C=O) groups is 1. The van der Waals surface area contributed by atoms with Crippen LogP contribution in [0.15, 0.2) is 30.3 Å². The summed E-state index contributed by atoms with van der Waals surface area (Å²) in [5.41, 5.74) is 6.76. The molecule has 0 spiro atoms. The van der Waals surface area contributed by atoms with Crippen LogP contribution < -0.4 is 11.1 Å². The summed E-state index contributed by atoms with van der Waals surface area (Å²) in [6.07, 6.45) is 2.08. The molecular formula is C14H20N2O2. The van der Waals surface area contributed by atoms with Gasteiger partial charge in [-0.05, 0) is 25.3 Å². The highest BCUT2D eigenvalue weighted by Gasteiger charge is 2.31. The minimum absolute atomic E-state index is 0.110. The molecular weight excluding hydrogens is 228 g/mol. The van der Waals surface area contributed by atoms with Gasteiger partial charge in [-0.2, -0.15) is 0 Å². The van der Waals surface area contributed by atoms with Crippen LogP contribution in [-0.4, -0.2) is 24.7 Å². The van der Waals surface area contributed by atoms with Crippen LogP contribution in [0, 0.1) is 0 Å². The van der Waals surface area contributed by atoms with Crippen LogP contribution in [0.4, 0.5) is 0 Å². The molecule has 1 aromatic rings. The number of carbonyl (C=O) groups excluding carboxylic acids is 1. The van der Waals surface area contributed by atoms with Gasteiger partial charge in [0.2, 0.25) is 5.91 Å². The molecule has 4 nitrogen and oxygen atoms in total. The summed E-state index contributed by atoms with van der Waals surface area (Å²) in [5, 5.41) is 2.96. The van der Waals surface area contributed by atoms with Crippen molar-refractivity contribution in [3.8, 4) is 0 Å². The lowest BCUT2D eigenvalue weighted by atomic mass is 9.89. The molecule has 0 aliphatic heterocycles. The second-order valence-corrected chi connectivity index (χ2v) is 4.64. The van der Waals surface area contributed by atoms with Gasteiger partial charge < -0.3 is 15.8 Å². The minimum Gasteiger partial charge on any atom is -0.378 e. The van der Waals surface area contributed by atoms with Crippen molar-refractivity contribution in [2.45, 2.75) is 38.0 Å². The second-order valence-electron chi connectivity index (χ2n) is 4.64. The Morgan fingerprint density at radius 3 is 2.72 bits per heavy atom. The summed E-state index contributed by atoms with van der Waals surface area (Å²) in [4.78, 5) is 11.9. The molecule has 2 rings (SSSR count). The zero-order chi connectivity index (χ0) is 13.0. The van der Waals surface area contributed by atoms with Gasteiger partial charge in [0.15, 0.2) is 0 Å². The molecule has 4 heteroatoms. The van der Waals surface area contributed by atoms with Crippen molar-refractivity contribution in [3.05, 3.63) is 35.9 Å². The van der Waals surface area contributed by atoms with Crippen LogP contribution in [0.3, 0.4) is 0 Å². The normalized spacial score (nSPS) is 24.1. The molecule has 1 aromatic carbocycles. The maximum Gasteiger partial charge on any atom is 0.241 e. The predicted octanol–water partition coefficient (Wildman–Crippen LogP) is 1.37. The predicted molar refractivity (Wildman–Crippen MR) is 69.9 cm³/mol. The molecule has 1 fully saturated rings. The van der Waals surface area contributed by atoms with Gasteiger partial charge in [0, 0.05) is 12.6 Å². The van der Waals surface area contributed by atoms with E-state index in [0.29, 0.717) is 6.10 Å². The molecule has 1 unspecified atom stereocenters. The number of rotatable bonds is 5. The maximum atomic E-state index is 11.9. The van der Waals surface area contributed by atoms with E-state index in [2.05, 4.69) is 5.32 Å². The van der Waals surface area contributed by atoms with Gasteiger partial charge in [-0.3, -0.25) is 4.79 Å². The van der Waals surface area contributed by atoms with E-state index in [-0.39, 0.29) is 11.9 Å². The number of hydrogen-bond acceptors (Lipinski definition) is 3. The zero-order valence-electron chi connectivity index (χ0n) is 10.6. The number of benzene rings is 1. The van der Waals surface area contributed by atoms with Crippen LogP contribution in [-0.2, 0) is 9.53 Å². The number of ether oxygens (including phenoxy) is 1. The highest BCUT2D eigenvalue weighted by atomic mass is 16.5. The van der Waals surface area contributed by atoms with Crippen molar-refractivity contribution in [2.24, 2.45) is 5.73 Å². The van der Waals surface area contributed by atoms with E-state index < -0.39 is 6.04 Å². The summed E-state index contributed by atoms with van der Waals surface area (Å²) in [6, 6.07) is 9.05. The summed E-state index contributed by atoms with van der Waals surface area (Å²) < 4.78 is 5.45. The molecule has 1 amide bonds. The smallest absolute Gasteiger partial charge is 0.241 e. The Hall–Kier alpha value is -1.39. The van der Waals surface area contributed by atoms with Gasteiger partial charge in [-0.25, -0.2) is 0 Å². The van der Waals surface area contributed by atoms with Crippen molar-refractivity contribution in [1.82, 2.24) is 5.32 Å². The Kier molecular flexibility index (Phi) is 4.33. The number of nitrogens with one attached hydrogen (secondary N) is 1. The number of amides is 1. The Morgan fingerprint density at radius 2 is 2.11 bits per heavy atom. The Bertz CT molecular complexity index is 388. The standard InChI is InChI=1S/C14H20N2O2/c1-2-18-12-8-11(9-12)16-14(17)13(15)10-6-4-3-5-7-10/h3-7,11-13H,2,8-9,15H2,1H3,(H,16,17). The molecule has 3 N–H and O–H groups in total. The van der Waals surface area contributed by atoms with E-state index in [1.54, 1.807) is 0 Å². The average molecular weight is 248 g/mol. The molecule has 98 valence electrons. The molecule has 1 saturated carbocycles. The van der Waals surface area contributed by atoms with Gasteiger partial charge in [0.1, 0.15) is 6.04 Å². The van der Waals surface area contributed by atoms with Crippen LogP contribution in [0.2, 0.25) is 0 Å². The fourth-order valence-electron chi connectivity index (χ4n) is 2.16. The molecule has 0 radical (unpaired) electrons. The van der Waals surface area contributed by atoms with Crippen molar-refractivity contribution < 1.29 is 9.53 Å². The summed E-state index contributed by atoms with van der Waals surface area (Å²) in [5.74, 6) is -0.110. The maximum absolute atomic E-state index is 11.9. The number of nitrogens with two attached hydrogens (primary N) is 1. The van der Waals surface area contributed by atoms with E-state index in [1.807, 2.05) is 37.3 Å². The first-order chi connectivity index (χ1) is 8.70. The fraction of sp³-hybridized carbons (Fsp3) is 0.500. The van der Waals surface area contributed by atoms with Crippen molar-refractivity contribution in [3.63, 3.8) is 0 Å². The van der Waals surface area contributed by atoms with Crippen LogP contribution >= 0.6 is 0 Å². The molecule has 18 heavy (non-hydrogen) atoms. The van der Waals surface area contributed by atoms with Crippen LogP contribution in [0.25, 0.3) is 0 Å². The van der Waals surface area contributed by atoms with Gasteiger partial charge in [-0.15, -0.1) is 0 Å². The first-order valence-corrected chi connectivity index (χ1v) is 6.43. The Labute approximate surface area is 108 Å².